The molecule has 10 aromatic rings. The van der Waals surface area contributed by atoms with Gasteiger partial charge < -0.3 is 19.3 Å². The average Bonchev–Trinajstić information content (AvgIpc) is 3.90. The van der Waals surface area contributed by atoms with Crippen molar-refractivity contribution in [3.8, 4) is 39.2 Å². The van der Waals surface area contributed by atoms with E-state index >= 15 is 0 Å². The number of nitrogens with zero attached hydrogens (tertiary/aromatic N) is 5. The monoisotopic (exact) mass is 1010 g/mol. The van der Waals surface area contributed by atoms with E-state index in [0.29, 0.717) is 6.67 Å². The van der Waals surface area contributed by atoms with Crippen LogP contribution in [0.4, 0.5) is 34.1 Å². The van der Waals surface area contributed by atoms with Crippen LogP contribution >= 0.6 is 0 Å². The molecule has 64 heavy (non-hydrogen) atoms. The van der Waals surface area contributed by atoms with Crippen LogP contribution in [0.3, 0.4) is 0 Å². The van der Waals surface area contributed by atoms with E-state index in [-0.39, 0.29) is 26.6 Å². The van der Waals surface area contributed by atoms with Crippen molar-refractivity contribution in [3.63, 3.8) is 0 Å². The number of pyridine rings is 1. The Morgan fingerprint density at radius 2 is 1.11 bits per heavy atom. The summed E-state index contributed by atoms with van der Waals surface area (Å²) in [5.74, 6) is 0.835. The number of aromatic nitrogens is 2. The SMILES string of the molecule is CC(C)(C)N1CN(c2[c-]c(N(c3[c-]c4c(cc3)c3ccccc3n4-c3cc(-c4ccccc4)ccn3)c3c(-c4ccccc4)cccc3-c3ccccc3)ccc2)c2ccccc21.[Pt+2]. The summed E-state index contributed by atoms with van der Waals surface area (Å²) in [6.07, 6.45) is 1.91. The molecule has 0 saturated heterocycles. The van der Waals surface area contributed by atoms with Gasteiger partial charge in [0.25, 0.3) is 0 Å². The molecule has 1 aliphatic heterocycles. The van der Waals surface area contributed by atoms with Gasteiger partial charge in [-0.2, -0.15) is 12.1 Å². The zero-order chi connectivity index (χ0) is 42.5. The Labute approximate surface area is 389 Å². The minimum Gasteiger partial charge on any atom is -0.357 e. The van der Waals surface area contributed by atoms with E-state index in [1.54, 1.807) is 0 Å². The first kappa shape index (κ1) is 40.8. The van der Waals surface area contributed by atoms with Gasteiger partial charge in [-0.25, -0.2) is 4.98 Å². The fourth-order valence-corrected chi connectivity index (χ4v) is 9.18. The van der Waals surface area contributed by atoms with Crippen LogP contribution in [0.2, 0.25) is 0 Å². The standard InChI is InChI=1S/C58H45N5.Pt/c1-58(2,3)61-40-60(53-31-15-16-32-54(53)61)45-25-17-26-46(38-45)62(57-48(42-21-9-5-10-22-42)28-18-29-49(57)43-23-11-6-12-24-43)47-33-34-51-50-27-13-14-30-52(50)63(55(51)39-47)56-37-44(35-36-59-56)41-19-7-4-8-20-41;/h4-37H,40H2,1-3H3;/q-2;+2. The van der Waals surface area contributed by atoms with E-state index in [4.69, 9.17) is 4.98 Å². The normalized spacial score (nSPS) is 12.4. The first-order chi connectivity index (χ1) is 30.9. The minimum atomic E-state index is -0.0774. The molecule has 0 bridgehead atoms. The van der Waals surface area contributed by atoms with Crippen molar-refractivity contribution in [2.75, 3.05) is 21.4 Å². The number of benzene rings is 8. The van der Waals surface area contributed by atoms with Crippen molar-refractivity contribution < 1.29 is 21.1 Å². The molecule has 8 aromatic carbocycles. The van der Waals surface area contributed by atoms with Crippen molar-refractivity contribution >= 4 is 55.9 Å². The molecule has 0 atom stereocenters. The first-order valence-corrected chi connectivity index (χ1v) is 21.6. The summed E-state index contributed by atoms with van der Waals surface area (Å²) in [4.78, 5) is 12.2. The van der Waals surface area contributed by atoms with Gasteiger partial charge in [-0.05, 0) is 78.7 Å². The molecular formula is C58H45N5Pt. The molecule has 0 fully saturated rings. The summed E-state index contributed by atoms with van der Waals surface area (Å²) < 4.78 is 2.27. The molecule has 3 heterocycles. The Balaban J connectivity index is 0.00000484. The molecule has 312 valence electrons. The van der Waals surface area contributed by atoms with Gasteiger partial charge in [-0.3, -0.25) is 0 Å². The van der Waals surface area contributed by atoms with Crippen molar-refractivity contribution in [1.29, 1.82) is 0 Å². The van der Waals surface area contributed by atoms with Gasteiger partial charge in [0, 0.05) is 28.4 Å². The Kier molecular flexibility index (Phi) is 10.7. The topological polar surface area (TPSA) is 27.5 Å². The second-order valence-electron chi connectivity index (χ2n) is 17.1. The Morgan fingerprint density at radius 1 is 0.516 bits per heavy atom. The predicted molar refractivity (Wildman–Crippen MR) is 263 cm³/mol. The molecule has 0 amide bonds. The van der Waals surface area contributed by atoms with Gasteiger partial charge in [0.2, 0.25) is 0 Å². The van der Waals surface area contributed by atoms with Gasteiger partial charge in [0.05, 0.1) is 23.7 Å². The van der Waals surface area contributed by atoms with Crippen LogP contribution in [0.5, 0.6) is 0 Å². The van der Waals surface area contributed by atoms with E-state index in [1.165, 1.54) is 11.4 Å². The molecule has 0 unspecified atom stereocenters. The number of hydrogen-bond donors (Lipinski definition) is 0. The summed E-state index contributed by atoms with van der Waals surface area (Å²) in [6.45, 7) is 7.55. The molecular weight excluding hydrogens is 962 g/mol. The molecule has 6 heteroatoms. The third-order valence-corrected chi connectivity index (χ3v) is 12.2. The maximum absolute atomic E-state index is 5.02. The van der Waals surface area contributed by atoms with E-state index in [2.05, 4.69) is 252 Å². The summed E-state index contributed by atoms with van der Waals surface area (Å²) in [6, 6.07) is 79.2. The molecule has 0 radical (unpaired) electrons. The molecule has 1 aliphatic rings. The van der Waals surface area contributed by atoms with E-state index in [9.17, 15) is 0 Å². The van der Waals surface area contributed by atoms with Crippen LogP contribution in [0, 0.1) is 12.1 Å². The summed E-state index contributed by atoms with van der Waals surface area (Å²) in [7, 11) is 0. The van der Waals surface area contributed by atoms with E-state index < -0.39 is 0 Å². The van der Waals surface area contributed by atoms with Gasteiger partial charge >= 0.3 is 21.1 Å². The summed E-state index contributed by atoms with van der Waals surface area (Å²) in [5, 5.41) is 2.25. The number of fused-ring (bicyclic) bond motifs is 4. The maximum atomic E-state index is 5.02. The fourth-order valence-electron chi connectivity index (χ4n) is 9.18. The Hall–Kier alpha value is -7.20. The second-order valence-corrected chi connectivity index (χ2v) is 17.1. The second kappa shape index (κ2) is 16.8. The molecule has 5 nitrogen and oxygen atoms in total. The largest absolute Gasteiger partial charge is 2.00 e. The summed E-state index contributed by atoms with van der Waals surface area (Å²) >= 11 is 0. The maximum Gasteiger partial charge on any atom is 2.00 e. The van der Waals surface area contributed by atoms with Crippen molar-refractivity contribution in [3.05, 3.63) is 219 Å². The average molecular weight is 1010 g/mol. The smallest absolute Gasteiger partial charge is 0.357 e. The molecule has 2 aromatic heterocycles. The van der Waals surface area contributed by atoms with Gasteiger partial charge in [-0.15, -0.1) is 35.7 Å². The van der Waals surface area contributed by atoms with Crippen molar-refractivity contribution in [2.45, 2.75) is 26.3 Å². The molecule has 0 spiro atoms. The zero-order valence-corrected chi connectivity index (χ0v) is 38.2. The summed E-state index contributed by atoms with van der Waals surface area (Å²) in [5.41, 5.74) is 14.9. The molecule has 0 aliphatic carbocycles. The van der Waals surface area contributed by atoms with Crippen LogP contribution in [-0.2, 0) is 21.1 Å². The predicted octanol–water partition coefficient (Wildman–Crippen LogP) is 15.0. The number of para-hydroxylation sites is 4. The van der Waals surface area contributed by atoms with E-state index in [1.807, 2.05) is 6.20 Å². The Morgan fingerprint density at radius 3 is 1.80 bits per heavy atom. The number of hydrogen-bond acceptors (Lipinski definition) is 4. The van der Waals surface area contributed by atoms with Crippen LogP contribution in [-0.4, -0.2) is 21.8 Å². The number of rotatable bonds is 8. The third kappa shape index (κ3) is 7.26. The Bertz CT molecular complexity index is 3210. The van der Waals surface area contributed by atoms with Gasteiger partial charge in [-0.1, -0.05) is 162 Å². The van der Waals surface area contributed by atoms with Gasteiger partial charge in [0.15, 0.2) is 0 Å². The van der Waals surface area contributed by atoms with Crippen LogP contribution in [0.15, 0.2) is 206 Å². The van der Waals surface area contributed by atoms with Crippen molar-refractivity contribution in [2.24, 2.45) is 0 Å². The third-order valence-electron chi connectivity index (χ3n) is 12.2. The number of anilines is 6. The minimum absolute atomic E-state index is 0. The molecule has 11 rings (SSSR count). The molecule has 0 N–H and O–H groups in total. The quantitative estimate of drug-likeness (QED) is 0.142. The first-order valence-electron chi connectivity index (χ1n) is 21.6. The van der Waals surface area contributed by atoms with Crippen molar-refractivity contribution in [1.82, 2.24) is 9.55 Å². The zero-order valence-electron chi connectivity index (χ0n) is 35.9. The fraction of sp³-hybridized carbons (Fsp3) is 0.0862. The molecule has 0 saturated carbocycles. The van der Waals surface area contributed by atoms with E-state index in [0.717, 1.165) is 83.8 Å². The van der Waals surface area contributed by atoms with Crippen LogP contribution in [0.25, 0.3) is 61.0 Å². The van der Waals surface area contributed by atoms with Crippen LogP contribution < -0.4 is 14.7 Å². The van der Waals surface area contributed by atoms with Crippen LogP contribution in [0.1, 0.15) is 20.8 Å². The van der Waals surface area contributed by atoms with Gasteiger partial charge in [0.1, 0.15) is 5.82 Å².